The first-order chi connectivity index (χ1) is 10.9. The van der Waals surface area contributed by atoms with E-state index in [4.69, 9.17) is 9.47 Å². The van der Waals surface area contributed by atoms with Gasteiger partial charge < -0.3 is 9.47 Å². The number of ether oxygens (including phenoxy) is 2. The maximum absolute atomic E-state index is 12.5. The molecule has 1 fully saturated rings. The number of hydrogen-bond donors (Lipinski definition) is 0. The van der Waals surface area contributed by atoms with Crippen LogP contribution < -0.4 is 0 Å². The van der Waals surface area contributed by atoms with Gasteiger partial charge in [-0.05, 0) is 26.0 Å². The van der Waals surface area contributed by atoms with Gasteiger partial charge in [-0.3, -0.25) is 4.79 Å². The van der Waals surface area contributed by atoms with Gasteiger partial charge in [-0.15, -0.1) is 0 Å². The highest BCUT2D eigenvalue weighted by Gasteiger charge is 2.26. The van der Waals surface area contributed by atoms with E-state index in [1.165, 1.54) is 28.3 Å². The van der Waals surface area contributed by atoms with Crippen LogP contribution in [0.5, 0.6) is 0 Å². The third kappa shape index (κ3) is 4.66. The first-order valence-corrected chi connectivity index (χ1v) is 9.64. The number of pyridine rings is 1. The maximum Gasteiger partial charge on any atom is 0.319 e. The van der Waals surface area contributed by atoms with Crippen molar-refractivity contribution in [2.75, 3.05) is 32.9 Å². The molecule has 1 aromatic rings. The molecular formula is C14H20N2O5S2. The normalized spacial score (nSPS) is 17.7. The molecule has 2 heterocycles. The van der Waals surface area contributed by atoms with E-state index in [0.29, 0.717) is 37.9 Å². The highest BCUT2D eigenvalue weighted by molar-refractivity contribution is 8.00. The number of nitrogens with zero attached hydrogens (tertiary/aromatic N) is 2. The van der Waals surface area contributed by atoms with Crippen LogP contribution in [-0.2, 0) is 24.3 Å². The van der Waals surface area contributed by atoms with Gasteiger partial charge in [-0.25, -0.2) is 13.4 Å². The van der Waals surface area contributed by atoms with Gasteiger partial charge >= 0.3 is 5.97 Å². The topological polar surface area (TPSA) is 85.8 Å². The lowest BCUT2D eigenvalue weighted by Gasteiger charge is -2.25. The average Bonchev–Trinajstić information content (AvgIpc) is 2.56. The van der Waals surface area contributed by atoms with E-state index in [1.807, 2.05) is 0 Å². The van der Waals surface area contributed by atoms with E-state index in [2.05, 4.69) is 4.98 Å². The van der Waals surface area contributed by atoms with Crippen molar-refractivity contribution in [1.82, 2.24) is 9.29 Å². The number of hydrogen-bond acceptors (Lipinski definition) is 7. The lowest BCUT2D eigenvalue weighted by Crippen LogP contribution is -2.40. The monoisotopic (exact) mass is 360 g/mol. The largest absolute Gasteiger partial charge is 0.465 e. The van der Waals surface area contributed by atoms with E-state index in [1.54, 1.807) is 19.9 Å². The summed E-state index contributed by atoms with van der Waals surface area (Å²) in [6, 6.07) is 3.12. The van der Waals surface area contributed by atoms with Crippen molar-refractivity contribution in [3.8, 4) is 0 Å². The first kappa shape index (κ1) is 18.2. The van der Waals surface area contributed by atoms with E-state index >= 15 is 0 Å². The second kappa shape index (κ2) is 8.09. The number of sulfonamides is 1. The summed E-state index contributed by atoms with van der Waals surface area (Å²) < 4.78 is 36.4. The zero-order chi connectivity index (χ0) is 16.9. The van der Waals surface area contributed by atoms with Crippen molar-refractivity contribution in [2.45, 2.75) is 29.0 Å². The van der Waals surface area contributed by atoms with E-state index in [9.17, 15) is 13.2 Å². The van der Waals surface area contributed by atoms with Crippen molar-refractivity contribution in [1.29, 1.82) is 0 Å². The summed E-state index contributed by atoms with van der Waals surface area (Å²) in [6.07, 6.45) is 1.32. The number of esters is 1. The van der Waals surface area contributed by atoms with Crippen molar-refractivity contribution in [2.24, 2.45) is 0 Å². The van der Waals surface area contributed by atoms with E-state index in [0.717, 1.165) is 0 Å². The highest BCUT2D eigenvalue weighted by atomic mass is 32.2. The van der Waals surface area contributed by atoms with Crippen LogP contribution in [0.2, 0.25) is 0 Å². The van der Waals surface area contributed by atoms with E-state index < -0.39 is 15.3 Å². The Kier molecular flexibility index (Phi) is 6.40. The summed E-state index contributed by atoms with van der Waals surface area (Å²) in [5.74, 6) is -0.315. The summed E-state index contributed by atoms with van der Waals surface area (Å²) in [5.41, 5.74) is 0. The van der Waals surface area contributed by atoms with Crippen molar-refractivity contribution >= 4 is 27.8 Å². The average molecular weight is 360 g/mol. The Bertz CT molecular complexity index is 627. The fourth-order valence-electron chi connectivity index (χ4n) is 2.01. The molecule has 1 aromatic heterocycles. The summed E-state index contributed by atoms with van der Waals surface area (Å²) in [6.45, 7) is 5.29. The van der Waals surface area contributed by atoms with Crippen LogP contribution in [0.1, 0.15) is 13.8 Å². The van der Waals surface area contributed by atoms with Crippen LogP contribution in [-0.4, -0.2) is 61.8 Å². The van der Waals surface area contributed by atoms with Gasteiger partial charge in [-0.1, -0.05) is 11.8 Å². The molecular weight excluding hydrogens is 340 g/mol. The molecule has 0 aliphatic carbocycles. The molecule has 128 valence electrons. The molecule has 0 N–H and O–H groups in total. The van der Waals surface area contributed by atoms with Gasteiger partial charge in [0.15, 0.2) is 0 Å². The molecule has 0 bridgehead atoms. The Hall–Kier alpha value is -1.16. The number of rotatable bonds is 6. The molecule has 0 unspecified atom stereocenters. The number of thioether (sulfide) groups is 1. The Morgan fingerprint density at radius 3 is 2.70 bits per heavy atom. The smallest absolute Gasteiger partial charge is 0.319 e. The molecule has 1 saturated heterocycles. The van der Waals surface area contributed by atoms with Gasteiger partial charge in [0.05, 0.1) is 24.8 Å². The third-order valence-electron chi connectivity index (χ3n) is 3.23. The van der Waals surface area contributed by atoms with Crippen LogP contribution in [0.15, 0.2) is 28.3 Å². The fraction of sp³-hybridized carbons (Fsp3) is 0.571. The molecule has 7 nitrogen and oxygen atoms in total. The molecule has 0 spiro atoms. The molecule has 2 rings (SSSR count). The predicted molar refractivity (Wildman–Crippen MR) is 85.8 cm³/mol. The Morgan fingerprint density at radius 1 is 1.43 bits per heavy atom. The lowest BCUT2D eigenvalue weighted by molar-refractivity contribution is -0.142. The molecule has 0 aromatic carbocycles. The molecule has 1 atom stereocenters. The Balaban J connectivity index is 2.05. The minimum atomic E-state index is -3.54. The number of carbonyl (C=O) groups excluding carboxylic acids is 1. The van der Waals surface area contributed by atoms with Gasteiger partial charge in [-0.2, -0.15) is 4.31 Å². The standard InChI is InChI=1S/C14H20N2O5S2/c1-3-21-14(17)11(2)22-13-5-4-12(10-15-13)23(18,19)16-6-8-20-9-7-16/h4-5,10-11H,3,6-9H2,1-2H3/t11-/m0/s1. The minimum Gasteiger partial charge on any atom is -0.465 e. The van der Waals surface area contributed by atoms with Crippen molar-refractivity contribution < 1.29 is 22.7 Å². The van der Waals surface area contributed by atoms with Crippen LogP contribution in [0.25, 0.3) is 0 Å². The second-order valence-corrected chi connectivity index (χ2v) is 8.16. The molecule has 23 heavy (non-hydrogen) atoms. The van der Waals surface area contributed by atoms with Crippen LogP contribution in [0, 0.1) is 0 Å². The predicted octanol–water partition coefficient (Wildman–Crippen LogP) is 1.15. The van der Waals surface area contributed by atoms with Gasteiger partial charge in [0.1, 0.15) is 10.1 Å². The summed E-state index contributed by atoms with van der Waals surface area (Å²) in [5, 5.41) is 0.177. The van der Waals surface area contributed by atoms with Gasteiger partial charge in [0.25, 0.3) is 0 Å². The number of carbonyl (C=O) groups is 1. The highest BCUT2D eigenvalue weighted by Crippen LogP contribution is 2.24. The molecule has 0 saturated carbocycles. The molecule has 0 amide bonds. The third-order valence-corrected chi connectivity index (χ3v) is 6.14. The maximum atomic E-state index is 12.5. The van der Waals surface area contributed by atoms with E-state index in [-0.39, 0.29) is 10.9 Å². The summed E-state index contributed by atoms with van der Waals surface area (Å²) in [7, 11) is -3.54. The number of aromatic nitrogens is 1. The van der Waals surface area contributed by atoms with Gasteiger partial charge in [0, 0.05) is 19.3 Å². The summed E-state index contributed by atoms with van der Waals surface area (Å²) >= 11 is 1.23. The quantitative estimate of drug-likeness (QED) is 0.555. The molecule has 1 aliphatic rings. The summed E-state index contributed by atoms with van der Waals surface area (Å²) in [4.78, 5) is 15.9. The molecule has 1 aliphatic heterocycles. The minimum absolute atomic E-state index is 0.146. The second-order valence-electron chi connectivity index (χ2n) is 4.86. The molecule has 9 heteroatoms. The van der Waals surface area contributed by atoms with Crippen LogP contribution in [0.4, 0.5) is 0 Å². The fourth-order valence-corrected chi connectivity index (χ4v) is 4.15. The Labute approximate surface area is 140 Å². The molecule has 0 radical (unpaired) electrons. The SMILES string of the molecule is CCOC(=O)[C@H](C)Sc1ccc(S(=O)(=O)N2CCOCC2)cn1. The zero-order valence-corrected chi connectivity index (χ0v) is 14.7. The Morgan fingerprint density at radius 2 is 2.13 bits per heavy atom. The first-order valence-electron chi connectivity index (χ1n) is 7.32. The van der Waals surface area contributed by atoms with Crippen molar-refractivity contribution in [3.63, 3.8) is 0 Å². The van der Waals surface area contributed by atoms with Gasteiger partial charge in [0.2, 0.25) is 10.0 Å². The number of morpholine rings is 1. The van der Waals surface area contributed by atoms with Crippen molar-refractivity contribution in [3.05, 3.63) is 18.3 Å². The van der Waals surface area contributed by atoms with Crippen LogP contribution in [0.3, 0.4) is 0 Å². The lowest BCUT2D eigenvalue weighted by atomic mass is 10.5. The van der Waals surface area contributed by atoms with Crippen LogP contribution >= 0.6 is 11.8 Å². The zero-order valence-electron chi connectivity index (χ0n) is 13.1.